The summed E-state index contributed by atoms with van der Waals surface area (Å²) in [7, 11) is 2.97. The van der Waals surface area contributed by atoms with E-state index in [2.05, 4.69) is 15.5 Å². The molecule has 0 aliphatic carbocycles. The summed E-state index contributed by atoms with van der Waals surface area (Å²) in [5.41, 5.74) is 0.976. The van der Waals surface area contributed by atoms with Gasteiger partial charge in [-0.15, -0.1) is 10.2 Å². The van der Waals surface area contributed by atoms with E-state index in [4.69, 9.17) is 9.47 Å². The van der Waals surface area contributed by atoms with Crippen LogP contribution in [-0.2, 0) is 0 Å². The molecule has 0 radical (unpaired) electrons. The molecule has 0 aliphatic heterocycles. The Hall–Kier alpha value is -2.91. The molecule has 2 aromatic carbocycles. The smallest absolute Gasteiger partial charge is 0.261 e. The van der Waals surface area contributed by atoms with Gasteiger partial charge in [-0.3, -0.25) is 14.9 Å². The van der Waals surface area contributed by atoms with Crippen molar-refractivity contribution in [2.75, 3.05) is 25.3 Å². The van der Waals surface area contributed by atoms with Gasteiger partial charge in [0.05, 0.1) is 25.5 Å². The summed E-state index contributed by atoms with van der Waals surface area (Å²) in [5, 5.41) is 11.0. The first kappa shape index (κ1) is 19.8. The molecule has 0 aliphatic rings. The number of thioether (sulfide) groups is 1. The second-order valence-corrected chi connectivity index (χ2v) is 7.65. The fourth-order valence-corrected chi connectivity index (χ4v) is 4.03. The fourth-order valence-electron chi connectivity index (χ4n) is 2.38. The van der Waals surface area contributed by atoms with Gasteiger partial charge in [-0.1, -0.05) is 59.5 Å². The van der Waals surface area contributed by atoms with Crippen molar-refractivity contribution >= 4 is 39.9 Å². The van der Waals surface area contributed by atoms with Gasteiger partial charge in [0, 0.05) is 5.56 Å². The van der Waals surface area contributed by atoms with Crippen molar-refractivity contribution in [3.8, 4) is 11.5 Å². The van der Waals surface area contributed by atoms with Crippen molar-refractivity contribution in [1.82, 2.24) is 10.2 Å². The van der Waals surface area contributed by atoms with E-state index in [9.17, 15) is 9.59 Å². The van der Waals surface area contributed by atoms with E-state index in [-0.39, 0.29) is 17.4 Å². The van der Waals surface area contributed by atoms with Gasteiger partial charge in [0.1, 0.15) is 0 Å². The number of Topliss-reactive ketones (excluding diaryl/α,β-unsaturated/α-hetero) is 1. The van der Waals surface area contributed by atoms with Crippen LogP contribution in [0.1, 0.15) is 20.7 Å². The molecule has 1 amide bonds. The largest absolute Gasteiger partial charge is 0.493 e. The lowest BCUT2D eigenvalue weighted by molar-refractivity contribution is 0.101. The van der Waals surface area contributed by atoms with Crippen molar-refractivity contribution < 1.29 is 19.1 Å². The molecule has 0 fully saturated rings. The first-order chi connectivity index (χ1) is 13.6. The molecule has 1 aromatic heterocycles. The number of para-hydroxylation sites is 1. The van der Waals surface area contributed by atoms with Gasteiger partial charge in [0.25, 0.3) is 5.91 Å². The topological polar surface area (TPSA) is 90.4 Å². The van der Waals surface area contributed by atoms with E-state index >= 15 is 0 Å². The third kappa shape index (κ3) is 4.68. The highest BCUT2D eigenvalue weighted by molar-refractivity contribution is 8.01. The van der Waals surface area contributed by atoms with Crippen LogP contribution in [0.3, 0.4) is 0 Å². The van der Waals surface area contributed by atoms with Crippen molar-refractivity contribution in [3.63, 3.8) is 0 Å². The number of carbonyl (C=O) groups is 2. The van der Waals surface area contributed by atoms with Crippen LogP contribution in [0.4, 0.5) is 5.13 Å². The zero-order chi connectivity index (χ0) is 19.9. The molecular formula is C19H17N3O4S2. The number of hydrogen-bond acceptors (Lipinski definition) is 8. The minimum Gasteiger partial charge on any atom is -0.493 e. The van der Waals surface area contributed by atoms with E-state index < -0.39 is 0 Å². The maximum atomic E-state index is 12.6. The van der Waals surface area contributed by atoms with Crippen LogP contribution in [0.5, 0.6) is 11.5 Å². The zero-order valence-corrected chi connectivity index (χ0v) is 16.8. The minimum atomic E-state index is -0.385. The standard InChI is InChI=1S/C19H17N3O4S2/c1-25-15-10-6-9-13(16(15)26-2)17(24)20-18-21-22-19(28-18)27-11-14(23)12-7-4-3-5-8-12/h3-10H,11H2,1-2H3,(H,20,21,24). The number of methoxy groups -OCH3 is 2. The molecule has 0 unspecified atom stereocenters. The lowest BCUT2D eigenvalue weighted by Gasteiger charge is -2.11. The molecule has 7 nitrogen and oxygen atoms in total. The number of benzene rings is 2. The Labute approximate surface area is 170 Å². The molecule has 28 heavy (non-hydrogen) atoms. The average molecular weight is 415 g/mol. The van der Waals surface area contributed by atoms with Crippen molar-refractivity contribution in [2.24, 2.45) is 0 Å². The first-order valence-corrected chi connectivity index (χ1v) is 9.99. The number of nitrogens with zero attached hydrogens (tertiary/aromatic N) is 2. The third-order valence-electron chi connectivity index (χ3n) is 3.70. The summed E-state index contributed by atoms with van der Waals surface area (Å²) < 4.78 is 11.1. The van der Waals surface area contributed by atoms with Crippen molar-refractivity contribution in [3.05, 3.63) is 59.7 Å². The van der Waals surface area contributed by atoms with Crippen LogP contribution < -0.4 is 14.8 Å². The average Bonchev–Trinajstić information content (AvgIpc) is 3.19. The monoisotopic (exact) mass is 415 g/mol. The van der Waals surface area contributed by atoms with Crippen LogP contribution >= 0.6 is 23.1 Å². The molecule has 0 bridgehead atoms. The molecule has 0 atom stereocenters. The van der Waals surface area contributed by atoms with Gasteiger partial charge in [-0.05, 0) is 12.1 Å². The van der Waals surface area contributed by atoms with Gasteiger partial charge in [0.15, 0.2) is 21.6 Å². The summed E-state index contributed by atoms with van der Waals surface area (Å²) in [6, 6.07) is 14.1. The first-order valence-electron chi connectivity index (χ1n) is 8.19. The molecule has 0 spiro atoms. The number of rotatable bonds is 8. The number of aromatic nitrogens is 2. The maximum absolute atomic E-state index is 12.6. The van der Waals surface area contributed by atoms with Crippen LogP contribution in [0.25, 0.3) is 0 Å². The molecular weight excluding hydrogens is 398 g/mol. The SMILES string of the molecule is COc1cccc(C(=O)Nc2nnc(SCC(=O)c3ccccc3)s2)c1OC. The van der Waals surface area contributed by atoms with Crippen LogP contribution in [0.2, 0.25) is 0 Å². The van der Waals surface area contributed by atoms with Crippen molar-refractivity contribution in [2.45, 2.75) is 4.34 Å². The number of nitrogens with one attached hydrogen (secondary N) is 1. The summed E-state index contributed by atoms with van der Waals surface area (Å²) in [4.78, 5) is 24.7. The summed E-state index contributed by atoms with van der Waals surface area (Å²) in [5.74, 6) is 0.672. The highest BCUT2D eigenvalue weighted by atomic mass is 32.2. The van der Waals surface area contributed by atoms with E-state index in [0.717, 1.165) is 0 Å². The van der Waals surface area contributed by atoms with Gasteiger partial charge in [0.2, 0.25) is 5.13 Å². The van der Waals surface area contributed by atoms with Gasteiger partial charge < -0.3 is 9.47 Å². The molecule has 1 N–H and O–H groups in total. The number of amides is 1. The fraction of sp³-hybridized carbons (Fsp3) is 0.158. The Morgan fingerprint density at radius 3 is 2.54 bits per heavy atom. The molecule has 9 heteroatoms. The number of ether oxygens (including phenoxy) is 2. The molecule has 1 heterocycles. The Morgan fingerprint density at radius 1 is 1.04 bits per heavy atom. The van der Waals surface area contributed by atoms with Crippen LogP contribution in [0, 0.1) is 0 Å². The molecule has 3 aromatic rings. The van der Waals surface area contributed by atoms with Gasteiger partial charge in [-0.2, -0.15) is 0 Å². The Balaban J connectivity index is 1.63. The predicted molar refractivity (Wildman–Crippen MR) is 109 cm³/mol. The lowest BCUT2D eigenvalue weighted by atomic mass is 10.1. The van der Waals surface area contributed by atoms with Gasteiger partial charge in [-0.25, -0.2) is 0 Å². The predicted octanol–water partition coefficient (Wildman–Crippen LogP) is 3.78. The highest BCUT2D eigenvalue weighted by Gasteiger charge is 2.18. The normalized spacial score (nSPS) is 10.4. The second kappa shape index (κ2) is 9.34. The number of carbonyl (C=O) groups excluding carboxylic acids is 2. The zero-order valence-electron chi connectivity index (χ0n) is 15.2. The van der Waals surface area contributed by atoms with Crippen LogP contribution in [0.15, 0.2) is 52.9 Å². The van der Waals surface area contributed by atoms with Crippen LogP contribution in [-0.4, -0.2) is 41.9 Å². The number of anilines is 1. The molecule has 144 valence electrons. The quantitative estimate of drug-likeness (QED) is 0.340. The molecule has 0 saturated heterocycles. The van der Waals surface area contributed by atoms with E-state index in [1.54, 1.807) is 30.3 Å². The lowest BCUT2D eigenvalue weighted by Crippen LogP contribution is -2.13. The van der Waals surface area contributed by atoms with Gasteiger partial charge >= 0.3 is 0 Å². The highest BCUT2D eigenvalue weighted by Crippen LogP contribution is 2.32. The minimum absolute atomic E-state index is 0.00695. The van der Waals surface area contributed by atoms with E-state index in [1.807, 2.05) is 18.2 Å². The number of ketones is 1. The second-order valence-electron chi connectivity index (χ2n) is 5.45. The summed E-state index contributed by atoms with van der Waals surface area (Å²) in [6.07, 6.45) is 0. The van der Waals surface area contributed by atoms with E-state index in [0.29, 0.717) is 32.1 Å². The Bertz CT molecular complexity index is 976. The summed E-state index contributed by atoms with van der Waals surface area (Å²) >= 11 is 2.48. The summed E-state index contributed by atoms with van der Waals surface area (Å²) in [6.45, 7) is 0. The Kier molecular flexibility index (Phi) is 6.62. The number of hydrogen-bond donors (Lipinski definition) is 1. The third-order valence-corrected chi connectivity index (χ3v) is 5.67. The molecule has 0 saturated carbocycles. The van der Waals surface area contributed by atoms with E-state index in [1.165, 1.54) is 37.3 Å². The molecule has 3 rings (SSSR count). The van der Waals surface area contributed by atoms with Crippen molar-refractivity contribution in [1.29, 1.82) is 0 Å². The maximum Gasteiger partial charge on any atom is 0.261 e. The Morgan fingerprint density at radius 2 is 1.82 bits per heavy atom.